The van der Waals surface area contributed by atoms with Gasteiger partial charge in [0.1, 0.15) is 5.82 Å². The van der Waals surface area contributed by atoms with Crippen LogP contribution in [-0.2, 0) is 9.84 Å². The predicted octanol–water partition coefficient (Wildman–Crippen LogP) is 6.30. The van der Waals surface area contributed by atoms with Crippen molar-refractivity contribution in [2.75, 3.05) is 0 Å². The Morgan fingerprint density at radius 2 is 1.28 bits per heavy atom. The normalized spacial score (nSPS) is 11.4. The van der Waals surface area contributed by atoms with Crippen LogP contribution in [0.3, 0.4) is 0 Å². The molecule has 0 saturated heterocycles. The van der Waals surface area contributed by atoms with E-state index in [1.807, 2.05) is 43.3 Å². The Bertz CT molecular complexity index is 1240. The molecule has 0 atom stereocenters. The maximum atomic E-state index is 13.5. The number of benzene rings is 4. The second kappa shape index (κ2) is 7.64. The van der Waals surface area contributed by atoms with Gasteiger partial charge in [-0.25, -0.2) is 12.8 Å². The standard InChI is InChI=1S/C25H19FO2S/c1-18-7-14-23(15-8-18)29(27,28)25-17-21(19-5-3-2-4-6-19)11-16-24(25)20-9-12-22(26)13-10-20/h2-17H,1H3. The van der Waals surface area contributed by atoms with Gasteiger partial charge in [0.2, 0.25) is 9.84 Å². The van der Waals surface area contributed by atoms with Gasteiger partial charge in [-0.1, -0.05) is 72.3 Å². The average molecular weight is 402 g/mol. The topological polar surface area (TPSA) is 34.1 Å². The third-order valence-corrected chi connectivity index (χ3v) is 6.67. The maximum absolute atomic E-state index is 13.5. The van der Waals surface area contributed by atoms with E-state index in [9.17, 15) is 12.8 Å². The van der Waals surface area contributed by atoms with E-state index in [0.29, 0.717) is 11.1 Å². The molecule has 2 nitrogen and oxygen atoms in total. The Kier molecular flexibility index (Phi) is 5.03. The Labute approximate surface area is 170 Å². The van der Waals surface area contributed by atoms with Crippen molar-refractivity contribution in [1.82, 2.24) is 0 Å². The highest BCUT2D eigenvalue weighted by Gasteiger charge is 2.23. The van der Waals surface area contributed by atoms with E-state index < -0.39 is 9.84 Å². The van der Waals surface area contributed by atoms with Crippen molar-refractivity contribution in [3.8, 4) is 22.3 Å². The maximum Gasteiger partial charge on any atom is 0.207 e. The first-order valence-corrected chi connectivity index (χ1v) is 10.7. The quantitative estimate of drug-likeness (QED) is 0.401. The van der Waals surface area contributed by atoms with E-state index in [2.05, 4.69) is 0 Å². The molecule has 0 spiro atoms. The van der Waals surface area contributed by atoms with Gasteiger partial charge < -0.3 is 0 Å². The number of hydrogen-bond donors (Lipinski definition) is 0. The van der Waals surface area contributed by atoms with Crippen molar-refractivity contribution in [3.63, 3.8) is 0 Å². The van der Waals surface area contributed by atoms with Gasteiger partial charge in [0.25, 0.3) is 0 Å². The Hall–Kier alpha value is -3.24. The Morgan fingerprint density at radius 3 is 1.93 bits per heavy atom. The van der Waals surface area contributed by atoms with Crippen molar-refractivity contribution in [2.45, 2.75) is 16.7 Å². The van der Waals surface area contributed by atoms with Crippen LogP contribution in [0, 0.1) is 12.7 Å². The van der Waals surface area contributed by atoms with Crippen LogP contribution in [0.15, 0.2) is 107 Å². The number of rotatable bonds is 4. The summed E-state index contributed by atoms with van der Waals surface area (Å²) >= 11 is 0. The minimum atomic E-state index is -3.77. The minimum Gasteiger partial charge on any atom is -0.218 e. The number of sulfone groups is 1. The molecule has 0 bridgehead atoms. The SMILES string of the molecule is Cc1ccc(S(=O)(=O)c2cc(-c3ccccc3)ccc2-c2ccc(F)cc2)cc1. The summed E-state index contributed by atoms with van der Waals surface area (Å²) in [5.41, 5.74) is 3.92. The van der Waals surface area contributed by atoms with Crippen LogP contribution >= 0.6 is 0 Å². The van der Waals surface area contributed by atoms with Crippen molar-refractivity contribution >= 4 is 9.84 Å². The van der Waals surface area contributed by atoms with Gasteiger partial charge in [-0.05, 0) is 53.9 Å². The first-order valence-electron chi connectivity index (χ1n) is 9.22. The van der Waals surface area contributed by atoms with Gasteiger partial charge in [-0.2, -0.15) is 0 Å². The summed E-state index contributed by atoms with van der Waals surface area (Å²) in [7, 11) is -3.77. The van der Waals surface area contributed by atoms with E-state index in [1.54, 1.807) is 48.5 Å². The van der Waals surface area contributed by atoms with E-state index >= 15 is 0 Å². The summed E-state index contributed by atoms with van der Waals surface area (Å²) in [4.78, 5) is 0.436. The highest BCUT2D eigenvalue weighted by atomic mass is 32.2. The lowest BCUT2D eigenvalue weighted by molar-refractivity contribution is 0.596. The number of aryl methyl sites for hydroxylation is 1. The van der Waals surface area contributed by atoms with Gasteiger partial charge in [-0.15, -0.1) is 0 Å². The van der Waals surface area contributed by atoms with Crippen LogP contribution in [0.2, 0.25) is 0 Å². The molecule has 0 fully saturated rings. The van der Waals surface area contributed by atoms with Crippen molar-refractivity contribution < 1.29 is 12.8 Å². The molecule has 0 N–H and O–H groups in total. The smallest absolute Gasteiger partial charge is 0.207 e. The molecule has 29 heavy (non-hydrogen) atoms. The molecule has 4 rings (SSSR count). The van der Waals surface area contributed by atoms with Crippen LogP contribution in [0.25, 0.3) is 22.3 Å². The van der Waals surface area contributed by atoms with Crippen molar-refractivity contribution in [2.24, 2.45) is 0 Å². The number of hydrogen-bond acceptors (Lipinski definition) is 2. The average Bonchev–Trinajstić information content (AvgIpc) is 2.75. The Balaban J connectivity index is 1.95. The van der Waals surface area contributed by atoms with Crippen molar-refractivity contribution in [1.29, 1.82) is 0 Å². The van der Waals surface area contributed by atoms with E-state index in [0.717, 1.165) is 16.7 Å². The molecular weight excluding hydrogens is 383 g/mol. The zero-order chi connectivity index (χ0) is 20.4. The molecule has 0 amide bonds. The second-order valence-corrected chi connectivity index (χ2v) is 8.82. The molecule has 0 heterocycles. The molecule has 0 unspecified atom stereocenters. The van der Waals surface area contributed by atoms with E-state index in [-0.39, 0.29) is 15.6 Å². The molecule has 0 aliphatic heterocycles. The molecule has 0 radical (unpaired) electrons. The molecule has 0 aliphatic carbocycles. The first kappa shape index (κ1) is 19.1. The third kappa shape index (κ3) is 3.84. The van der Waals surface area contributed by atoms with Crippen LogP contribution in [0.5, 0.6) is 0 Å². The molecule has 4 aromatic rings. The summed E-state index contributed by atoms with van der Waals surface area (Å²) in [5, 5.41) is 0. The summed E-state index contributed by atoms with van der Waals surface area (Å²) in [5.74, 6) is -0.363. The summed E-state index contributed by atoms with van der Waals surface area (Å²) in [6.45, 7) is 1.91. The van der Waals surface area contributed by atoms with Crippen LogP contribution in [0.4, 0.5) is 4.39 Å². The predicted molar refractivity (Wildman–Crippen MR) is 114 cm³/mol. The fourth-order valence-electron chi connectivity index (χ4n) is 3.27. The molecular formula is C25H19FO2S. The lowest BCUT2D eigenvalue weighted by Crippen LogP contribution is -2.04. The van der Waals surface area contributed by atoms with Gasteiger partial charge >= 0.3 is 0 Å². The highest BCUT2D eigenvalue weighted by molar-refractivity contribution is 7.91. The molecule has 4 aromatic carbocycles. The zero-order valence-corrected chi connectivity index (χ0v) is 16.7. The fourth-order valence-corrected chi connectivity index (χ4v) is 4.77. The lowest BCUT2D eigenvalue weighted by Gasteiger charge is -2.14. The second-order valence-electron chi connectivity index (χ2n) is 6.90. The van der Waals surface area contributed by atoms with Gasteiger partial charge in [0.15, 0.2) is 0 Å². The summed E-state index contributed by atoms with van der Waals surface area (Å²) in [6, 6.07) is 27.7. The van der Waals surface area contributed by atoms with Crippen LogP contribution < -0.4 is 0 Å². The molecule has 144 valence electrons. The van der Waals surface area contributed by atoms with Gasteiger partial charge in [0, 0.05) is 5.56 Å². The summed E-state index contributed by atoms with van der Waals surface area (Å²) in [6.07, 6.45) is 0. The van der Waals surface area contributed by atoms with Gasteiger partial charge in [-0.3, -0.25) is 0 Å². The zero-order valence-electron chi connectivity index (χ0n) is 15.8. The molecule has 0 aliphatic rings. The third-order valence-electron chi connectivity index (χ3n) is 4.86. The molecule has 0 saturated carbocycles. The van der Waals surface area contributed by atoms with Crippen LogP contribution in [-0.4, -0.2) is 8.42 Å². The van der Waals surface area contributed by atoms with Gasteiger partial charge in [0.05, 0.1) is 9.79 Å². The van der Waals surface area contributed by atoms with E-state index in [4.69, 9.17) is 0 Å². The lowest BCUT2D eigenvalue weighted by atomic mass is 10.0. The first-order chi connectivity index (χ1) is 13.9. The highest BCUT2D eigenvalue weighted by Crippen LogP contribution is 2.35. The monoisotopic (exact) mass is 402 g/mol. The van der Waals surface area contributed by atoms with Crippen molar-refractivity contribution in [3.05, 3.63) is 108 Å². The number of halogens is 1. The minimum absolute atomic E-state index is 0.203. The largest absolute Gasteiger partial charge is 0.218 e. The molecule has 4 heteroatoms. The molecule has 0 aromatic heterocycles. The van der Waals surface area contributed by atoms with Crippen LogP contribution in [0.1, 0.15) is 5.56 Å². The summed E-state index contributed by atoms with van der Waals surface area (Å²) < 4.78 is 40.4. The fraction of sp³-hybridized carbons (Fsp3) is 0.0400. The van der Waals surface area contributed by atoms with E-state index in [1.165, 1.54) is 12.1 Å². The Morgan fingerprint density at radius 1 is 0.655 bits per heavy atom.